The molecule has 1 aromatic heterocycles. The summed E-state index contributed by atoms with van der Waals surface area (Å²) in [6.45, 7) is 7.64. The molecule has 1 rings (SSSR count). The van der Waals surface area contributed by atoms with E-state index in [2.05, 4.69) is 30.2 Å². The number of likely N-dealkylation sites (N-methyl/N-ethyl adjacent to an activating group) is 1. The molecule has 0 amide bonds. The second kappa shape index (κ2) is 6.39. The predicted octanol–water partition coefficient (Wildman–Crippen LogP) is 1.03. The van der Waals surface area contributed by atoms with Crippen molar-refractivity contribution in [2.24, 2.45) is 10.9 Å². The molecule has 18 heavy (non-hydrogen) atoms. The van der Waals surface area contributed by atoms with E-state index >= 15 is 0 Å². The fourth-order valence-electron chi connectivity index (χ4n) is 1.79. The zero-order valence-electron chi connectivity index (χ0n) is 11.6. The highest BCUT2D eigenvalue weighted by Crippen LogP contribution is 2.10. The van der Waals surface area contributed by atoms with Gasteiger partial charge in [-0.05, 0) is 33.4 Å². The number of rotatable bonds is 6. The minimum absolute atomic E-state index is 0.111. The first-order valence-electron chi connectivity index (χ1n) is 6.26. The highest BCUT2D eigenvalue weighted by Gasteiger charge is 2.16. The third kappa shape index (κ3) is 3.22. The van der Waals surface area contributed by atoms with Gasteiger partial charge in [0, 0.05) is 13.1 Å². The van der Waals surface area contributed by atoms with Gasteiger partial charge in [-0.15, -0.1) is 0 Å². The lowest BCUT2D eigenvalue weighted by Crippen LogP contribution is -2.40. The Bertz CT molecular complexity index is 413. The zero-order valence-corrected chi connectivity index (χ0v) is 11.6. The van der Waals surface area contributed by atoms with Gasteiger partial charge in [-0.3, -0.25) is 9.58 Å². The van der Waals surface area contributed by atoms with Crippen molar-refractivity contribution in [3.05, 3.63) is 17.5 Å². The van der Waals surface area contributed by atoms with Crippen molar-refractivity contribution < 1.29 is 5.21 Å². The molecule has 102 valence electrons. The van der Waals surface area contributed by atoms with Crippen LogP contribution in [0.1, 0.15) is 32.2 Å². The minimum atomic E-state index is -0.111. The van der Waals surface area contributed by atoms with Crippen LogP contribution in [-0.4, -0.2) is 38.8 Å². The van der Waals surface area contributed by atoms with E-state index in [0.717, 1.165) is 30.9 Å². The highest BCUT2D eigenvalue weighted by molar-refractivity contribution is 5.84. The van der Waals surface area contributed by atoms with Gasteiger partial charge in [0.25, 0.3) is 0 Å². The lowest BCUT2D eigenvalue weighted by Gasteiger charge is -2.23. The van der Waals surface area contributed by atoms with Crippen molar-refractivity contribution in [2.45, 2.75) is 46.3 Å². The molecule has 1 atom stereocenters. The Labute approximate surface area is 108 Å². The summed E-state index contributed by atoms with van der Waals surface area (Å²) in [7, 11) is 1.95. The third-order valence-corrected chi connectivity index (χ3v) is 3.19. The molecule has 1 aromatic rings. The minimum Gasteiger partial charge on any atom is -0.409 e. The summed E-state index contributed by atoms with van der Waals surface area (Å²) < 4.78 is 1.99. The normalized spacial score (nSPS) is 14.2. The second-order valence-electron chi connectivity index (χ2n) is 4.41. The molecular weight excluding hydrogens is 230 g/mol. The van der Waals surface area contributed by atoms with Gasteiger partial charge in [-0.1, -0.05) is 12.1 Å². The SMILES string of the molecule is CCc1cc(CN(C)C(C)C(N)=NO)n(CC)n1. The summed E-state index contributed by atoms with van der Waals surface area (Å²) >= 11 is 0. The summed E-state index contributed by atoms with van der Waals surface area (Å²) in [6, 6.07) is 2.00. The van der Waals surface area contributed by atoms with Crippen molar-refractivity contribution in [2.75, 3.05) is 7.05 Å². The number of hydrogen-bond acceptors (Lipinski definition) is 4. The first-order valence-corrected chi connectivity index (χ1v) is 6.26. The lowest BCUT2D eigenvalue weighted by atomic mass is 10.2. The van der Waals surface area contributed by atoms with Crippen LogP contribution in [0.25, 0.3) is 0 Å². The average molecular weight is 253 g/mol. The molecule has 1 heterocycles. The van der Waals surface area contributed by atoms with Crippen LogP contribution < -0.4 is 5.73 Å². The number of nitrogens with zero attached hydrogens (tertiary/aromatic N) is 4. The summed E-state index contributed by atoms with van der Waals surface area (Å²) in [5, 5.41) is 16.2. The van der Waals surface area contributed by atoms with Gasteiger partial charge in [-0.2, -0.15) is 5.10 Å². The van der Waals surface area contributed by atoms with E-state index in [1.807, 2.05) is 23.6 Å². The summed E-state index contributed by atoms with van der Waals surface area (Å²) in [4.78, 5) is 2.03. The van der Waals surface area contributed by atoms with Crippen molar-refractivity contribution in [1.29, 1.82) is 0 Å². The number of aryl methyl sites for hydroxylation is 2. The van der Waals surface area contributed by atoms with Crippen LogP contribution in [0.15, 0.2) is 11.2 Å². The fourth-order valence-corrected chi connectivity index (χ4v) is 1.79. The van der Waals surface area contributed by atoms with Gasteiger partial charge in [0.15, 0.2) is 5.84 Å². The molecule has 0 saturated carbocycles. The van der Waals surface area contributed by atoms with Gasteiger partial charge < -0.3 is 10.9 Å². The van der Waals surface area contributed by atoms with Crippen molar-refractivity contribution in [3.8, 4) is 0 Å². The highest BCUT2D eigenvalue weighted by atomic mass is 16.4. The van der Waals surface area contributed by atoms with Crippen LogP contribution in [-0.2, 0) is 19.5 Å². The van der Waals surface area contributed by atoms with E-state index in [-0.39, 0.29) is 11.9 Å². The summed E-state index contributed by atoms with van der Waals surface area (Å²) in [6.07, 6.45) is 0.930. The number of oxime groups is 1. The predicted molar refractivity (Wildman–Crippen MR) is 71.6 cm³/mol. The molecule has 0 fully saturated rings. The first-order chi connectivity index (χ1) is 8.53. The van der Waals surface area contributed by atoms with Gasteiger partial charge >= 0.3 is 0 Å². The Balaban J connectivity index is 2.80. The first kappa shape index (κ1) is 14.5. The number of aromatic nitrogens is 2. The maximum Gasteiger partial charge on any atom is 0.156 e. The van der Waals surface area contributed by atoms with Crippen LogP contribution in [0.4, 0.5) is 0 Å². The van der Waals surface area contributed by atoms with E-state index in [1.165, 1.54) is 0 Å². The molecule has 0 aromatic carbocycles. The summed E-state index contributed by atoms with van der Waals surface area (Å²) in [5.74, 6) is 0.218. The molecule has 3 N–H and O–H groups in total. The summed E-state index contributed by atoms with van der Waals surface area (Å²) in [5.41, 5.74) is 7.85. The van der Waals surface area contributed by atoms with Crippen molar-refractivity contribution in [3.63, 3.8) is 0 Å². The maximum absolute atomic E-state index is 8.68. The molecule has 0 saturated heterocycles. The Morgan fingerprint density at radius 3 is 2.78 bits per heavy atom. The molecule has 0 aliphatic heterocycles. The molecule has 1 unspecified atom stereocenters. The Morgan fingerprint density at radius 2 is 2.28 bits per heavy atom. The molecule has 0 aliphatic rings. The smallest absolute Gasteiger partial charge is 0.156 e. The van der Waals surface area contributed by atoms with Gasteiger partial charge in [0.2, 0.25) is 0 Å². The number of hydrogen-bond donors (Lipinski definition) is 2. The van der Waals surface area contributed by atoms with Crippen LogP contribution in [0.5, 0.6) is 0 Å². The van der Waals surface area contributed by atoms with Gasteiger partial charge in [0.05, 0.1) is 17.4 Å². The maximum atomic E-state index is 8.68. The molecule has 0 aliphatic carbocycles. The fraction of sp³-hybridized carbons (Fsp3) is 0.667. The third-order valence-electron chi connectivity index (χ3n) is 3.19. The molecule has 0 radical (unpaired) electrons. The molecule has 6 nitrogen and oxygen atoms in total. The molecule has 0 spiro atoms. The largest absolute Gasteiger partial charge is 0.409 e. The van der Waals surface area contributed by atoms with Gasteiger partial charge in [-0.25, -0.2) is 0 Å². The van der Waals surface area contributed by atoms with Crippen molar-refractivity contribution in [1.82, 2.24) is 14.7 Å². The Kier molecular flexibility index (Phi) is 5.15. The van der Waals surface area contributed by atoms with E-state index in [1.54, 1.807) is 0 Å². The number of amidine groups is 1. The van der Waals surface area contributed by atoms with E-state index < -0.39 is 0 Å². The van der Waals surface area contributed by atoms with E-state index in [0.29, 0.717) is 0 Å². The monoisotopic (exact) mass is 253 g/mol. The Hall–Kier alpha value is -1.56. The Morgan fingerprint density at radius 1 is 1.61 bits per heavy atom. The van der Waals surface area contributed by atoms with Crippen LogP contribution in [0.2, 0.25) is 0 Å². The standard InChI is InChI=1S/C12H23N5O/c1-5-10-7-11(17(6-2)14-10)8-16(4)9(3)12(13)15-18/h7,9,18H,5-6,8H2,1-4H3,(H2,13,15). The second-order valence-corrected chi connectivity index (χ2v) is 4.41. The van der Waals surface area contributed by atoms with E-state index in [4.69, 9.17) is 10.9 Å². The van der Waals surface area contributed by atoms with Crippen LogP contribution in [0.3, 0.4) is 0 Å². The number of nitrogens with two attached hydrogens (primary N) is 1. The quantitative estimate of drug-likeness (QED) is 0.343. The molecule has 6 heteroatoms. The molecule has 0 bridgehead atoms. The average Bonchev–Trinajstić information content (AvgIpc) is 2.78. The molecular formula is C12H23N5O. The van der Waals surface area contributed by atoms with Crippen molar-refractivity contribution >= 4 is 5.84 Å². The van der Waals surface area contributed by atoms with Gasteiger partial charge in [0.1, 0.15) is 0 Å². The van der Waals surface area contributed by atoms with E-state index in [9.17, 15) is 0 Å². The van der Waals surface area contributed by atoms with Crippen LogP contribution >= 0.6 is 0 Å². The lowest BCUT2D eigenvalue weighted by molar-refractivity contribution is 0.273. The van der Waals surface area contributed by atoms with Crippen LogP contribution in [0, 0.1) is 0 Å². The topological polar surface area (TPSA) is 79.7 Å². The zero-order chi connectivity index (χ0) is 13.7.